The third kappa shape index (κ3) is 3.06. The molecule has 0 aromatic carbocycles. The highest BCUT2D eigenvalue weighted by Crippen LogP contribution is 2.52. The molecule has 0 bridgehead atoms. The molecule has 0 radical (unpaired) electrons. The second kappa shape index (κ2) is 7.22. The van der Waals surface area contributed by atoms with Crippen molar-refractivity contribution in [2.75, 3.05) is 12.3 Å². The maximum atomic E-state index is 12.9. The van der Waals surface area contributed by atoms with Crippen molar-refractivity contribution in [1.29, 1.82) is 0 Å². The number of thioether (sulfide) groups is 1. The first-order chi connectivity index (χ1) is 11.2. The number of hydrogen-bond acceptors (Lipinski definition) is 4. The molecule has 1 saturated carbocycles. The normalized spacial score (nSPS) is 40.1. The standard InChI is InChI=1S/C18H24N2O2S.ClH/c21-13-6-4-12(5-7-13)20-17(22)14-11-23-18-9-2-1-3-16(18)19-10-8-15(14)18;/h1-3,9,12-15,21H,4-8,10-11H2,(H,20,22);1H/t12-,13+,14?,15?,18?;. The van der Waals surface area contributed by atoms with E-state index in [0.29, 0.717) is 5.92 Å². The molecular weight excluding hydrogens is 344 g/mol. The minimum atomic E-state index is -0.176. The molecule has 6 heteroatoms. The Morgan fingerprint density at radius 1 is 1.25 bits per heavy atom. The molecule has 1 saturated heterocycles. The molecule has 3 unspecified atom stereocenters. The average Bonchev–Trinajstić information content (AvgIpc) is 2.95. The summed E-state index contributed by atoms with van der Waals surface area (Å²) in [5.74, 6) is 1.53. The van der Waals surface area contributed by atoms with Gasteiger partial charge in [-0.25, -0.2) is 0 Å². The van der Waals surface area contributed by atoms with E-state index >= 15 is 0 Å². The summed E-state index contributed by atoms with van der Waals surface area (Å²) in [6.07, 6.45) is 12.8. The zero-order chi connectivity index (χ0) is 15.9. The summed E-state index contributed by atoms with van der Waals surface area (Å²) < 4.78 is -0.0717. The molecule has 4 rings (SSSR count). The van der Waals surface area contributed by atoms with Gasteiger partial charge in [-0.15, -0.1) is 24.2 Å². The van der Waals surface area contributed by atoms with Crippen molar-refractivity contribution in [2.45, 2.75) is 49.0 Å². The van der Waals surface area contributed by atoms with E-state index in [1.165, 1.54) is 0 Å². The fourth-order valence-electron chi connectivity index (χ4n) is 4.45. The number of aliphatic imine (C=N–C) groups is 1. The van der Waals surface area contributed by atoms with E-state index in [0.717, 1.165) is 50.1 Å². The number of nitrogens with one attached hydrogen (secondary N) is 1. The van der Waals surface area contributed by atoms with Gasteiger partial charge in [0.2, 0.25) is 5.91 Å². The first kappa shape index (κ1) is 18.0. The summed E-state index contributed by atoms with van der Waals surface area (Å²) in [4.78, 5) is 17.6. The molecular formula is C18H25ClN2O2S. The highest BCUT2D eigenvalue weighted by atomic mass is 35.5. The van der Waals surface area contributed by atoms with E-state index in [2.05, 4.69) is 23.5 Å². The van der Waals surface area contributed by atoms with E-state index in [-0.39, 0.29) is 41.1 Å². The van der Waals surface area contributed by atoms with E-state index in [1.54, 1.807) is 0 Å². The van der Waals surface area contributed by atoms with Gasteiger partial charge in [0.15, 0.2) is 0 Å². The lowest BCUT2D eigenvalue weighted by molar-refractivity contribution is -0.126. The van der Waals surface area contributed by atoms with Crippen LogP contribution >= 0.6 is 24.2 Å². The van der Waals surface area contributed by atoms with Crippen LogP contribution in [0.2, 0.25) is 0 Å². The molecule has 2 heterocycles. The summed E-state index contributed by atoms with van der Waals surface area (Å²) in [6.45, 7) is 0.833. The first-order valence-corrected chi connectivity index (χ1v) is 9.71. The van der Waals surface area contributed by atoms with Crippen molar-refractivity contribution >= 4 is 35.8 Å². The molecule has 2 aliphatic heterocycles. The van der Waals surface area contributed by atoms with Crippen molar-refractivity contribution < 1.29 is 9.90 Å². The Morgan fingerprint density at radius 3 is 2.83 bits per heavy atom. The molecule has 4 aliphatic rings. The highest BCUT2D eigenvalue weighted by molar-refractivity contribution is 8.02. The largest absolute Gasteiger partial charge is 0.393 e. The van der Waals surface area contributed by atoms with Crippen molar-refractivity contribution in [1.82, 2.24) is 5.32 Å². The van der Waals surface area contributed by atoms with Gasteiger partial charge in [0.25, 0.3) is 0 Å². The predicted molar refractivity (Wildman–Crippen MR) is 101 cm³/mol. The smallest absolute Gasteiger partial charge is 0.224 e. The Kier molecular flexibility index (Phi) is 5.42. The summed E-state index contributed by atoms with van der Waals surface area (Å²) >= 11 is 1.89. The first-order valence-electron chi connectivity index (χ1n) is 8.72. The number of amides is 1. The van der Waals surface area contributed by atoms with Crippen LogP contribution in [0.15, 0.2) is 29.3 Å². The van der Waals surface area contributed by atoms with E-state index in [9.17, 15) is 9.90 Å². The van der Waals surface area contributed by atoms with Crippen molar-refractivity contribution in [3.8, 4) is 0 Å². The van der Waals surface area contributed by atoms with Gasteiger partial charge in [0.05, 0.1) is 22.5 Å². The van der Waals surface area contributed by atoms with Gasteiger partial charge in [-0.05, 0) is 44.1 Å². The molecule has 2 fully saturated rings. The molecule has 0 aromatic rings. The van der Waals surface area contributed by atoms with Gasteiger partial charge in [0.1, 0.15) is 0 Å². The Hall–Kier alpha value is -0.780. The van der Waals surface area contributed by atoms with Crippen LogP contribution in [0.1, 0.15) is 32.1 Å². The zero-order valence-electron chi connectivity index (χ0n) is 13.7. The third-order valence-electron chi connectivity index (χ3n) is 5.75. The number of aliphatic hydroxyl groups excluding tert-OH is 1. The Labute approximate surface area is 153 Å². The van der Waals surface area contributed by atoms with Gasteiger partial charge < -0.3 is 10.4 Å². The van der Waals surface area contributed by atoms with Crippen LogP contribution < -0.4 is 5.32 Å². The van der Waals surface area contributed by atoms with Crippen LogP contribution in [0.25, 0.3) is 0 Å². The molecule has 1 amide bonds. The molecule has 132 valence electrons. The summed E-state index contributed by atoms with van der Waals surface area (Å²) in [5, 5.41) is 12.9. The van der Waals surface area contributed by atoms with Crippen LogP contribution in [0.5, 0.6) is 0 Å². The van der Waals surface area contributed by atoms with Gasteiger partial charge in [0, 0.05) is 18.3 Å². The SMILES string of the molecule is Cl.O=C(N[C@H]1CC[C@@H](O)CC1)C1CSC23C=CC=CC2=NCCC13. The van der Waals surface area contributed by atoms with E-state index < -0.39 is 0 Å². The Bertz CT molecular complexity index is 584. The quantitative estimate of drug-likeness (QED) is 0.787. The van der Waals surface area contributed by atoms with Crippen LogP contribution in [-0.2, 0) is 4.79 Å². The number of nitrogens with zero attached hydrogens (tertiary/aromatic N) is 1. The number of carbonyl (C=O) groups is 1. The molecule has 24 heavy (non-hydrogen) atoms. The molecule has 3 atom stereocenters. The zero-order valence-corrected chi connectivity index (χ0v) is 15.3. The molecule has 2 aliphatic carbocycles. The van der Waals surface area contributed by atoms with Crippen LogP contribution in [0.4, 0.5) is 0 Å². The maximum absolute atomic E-state index is 12.9. The molecule has 4 nitrogen and oxygen atoms in total. The van der Waals surface area contributed by atoms with E-state index in [4.69, 9.17) is 4.99 Å². The lowest BCUT2D eigenvalue weighted by atomic mass is 9.74. The second-order valence-corrected chi connectivity index (χ2v) is 8.40. The van der Waals surface area contributed by atoms with Crippen molar-refractivity contribution in [3.05, 3.63) is 24.3 Å². The lowest BCUT2D eigenvalue weighted by Gasteiger charge is -2.38. The third-order valence-corrected chi connectivity index (χ3v) is 7.40. The summed E-state index contributed by atoms with van der Waals surface area (Å²) in [5.41, 5.74) is 1.15. The number of rotatable bonds is 2. The van der Waals surface area contributed by atoms with Gasteiger partial charge in [-0.2, -0.15) is 0 Å². The monoisotopic (exact) mass is 368 g/mol. The number of hydrogen-bond donors (Lipinski definition) is 2. The Balaban J connectivity index is 0.00000169. The fraction of sp³-hybridized carbons (Fsp3) is 0.667. The van der Waals surface area contributed by atoms with Gasteiger partial charge >= 0.3 is 0 Å². The summed E-state index contributed by atoms with van der Waals surface area (Å²) in [6, 6.07) is 0.242. The second-order valence-electron chi connectivity index (χ2n) is 7.11. The van der Waals surface area contributed by atoms with Crippen LogP contribution in [-0.4, -0.2) is 45.9 Å². The minimum Gasteiger partial charge on any atom is -0.393 e. The molecule has 1 spiro atoms. The number of halogens is 1. The lowest BCUT2D eigenvalue weighted by Crippen LogP contribution is -2.48. The predicted octanol–water partition coefficient (Wildman–Crippen LogP) is 2.52. The van der Waals surface area contributed by atoms with Crippen molar-refractivity contribution in [3.63, 3.8) is 0 Å². The number of aliphatic hydroxyl groups is 1. The summed E-state index contributed by atoms with van der Waals surface area (Å²) in [7, 11) is 0. The molecule has 2 N–H and O–H groups in total. The highest BCUT2D eigenvalue weighted by Gasteiger charge is 2.54. The maximum Gasteiger partial charge on any atom is 0.224 e. The van der Waals surface area contributed by atoms with Gasteiger partial charge in [-0.3, -0.25) is 9.79 Å². The number of allylic oxidation sites excluding steroid dienone is 3. The van der Waals surface area contributed by atoms with Gasteiger partial charge in [-0.1, -0.05) is 18.2 Å². The van der Waals surface area contributed by atoms with Crippen LogP contribution in [0.3, 0.4) is 0 Å². The minimum absolute atomic E-state index is 0. The molecule has 0 aromatic heterocycles. The average molecular weight is 369 g/mol. The van der Waals surface area contributed by atoms with E-state index in [1.807, 2.05) is 17.8 Å². The Morgan fingerprint density at radius 2 is 2.04 bits per heavy atom. The van der Waals surface area contributed by atoms with Crippen LogP contribution in [0, 0.1) is 11.8 Å². The number of carbonyl (C=O) groups excluding carboxylic acids is 1. The van der Waals surface area contributed by atoms with Crippen molar-refractivity contribution in [2.24, 2.45) is 16.8 Å². The topological polar surface area (TPSA) is 61.7 Å². The fourth-order valence-corrected chi connectivity index (χ4v) is 6.24.